The summed E-state index contributed by atoms with van der Waals surface area (Å²) in [5.74, 6) is 0. The molecule has 3 saturated heterocycles. The van der Waals surface area contributed by atoms with Crippen LogP contribution in [-0.4, -0.2) is 48.3 Å². The van der Waals surface area contributed by atoms with Gasteiger partial charge in [-0.15, -0.1) is 0 Å². The van der Waals surface area contributed by atoms with Crippen LogP contribution in [0.1, 0.15) is 38.5 Å². The fraction of sp³-hybridized carbons (Fsp3) is 1.00. The summed E-state index contributed by atoms with van der Waals surface area (Å²) in [6.07, 6.45) is 9.29. The summed E-state index contributed by atoms with van der Waals surface area (Å²) in [5.41, 5.74) is 0. The van der Waals surface area contributed by atoms with Crippen LogP contribution in [-0.2, 0) is 4.74 Å². The summed E-state index contributed by atoms with van der Waals surface area (Å²) < 4.78 is 5.96. The van der Waals surface area contributed by atoms with Crippen molar-refractivity contribution in [2.45, 2.75) is 68.9 Å². The van der Waals surface area contributed by atoms with E-state index in [4.69, 9.17) is 4.74 Å². The summed E-state index contributed by atoms with van der Waals surface area (Å²) in [4.78, 5) is 2.70. The Hall–Kier alpha value is -0.120. The highest BCUT2D eigenvalue weighted by Gasteiger charge is 2.45. The molecule has 4 atom stereocenters. The van der Waals surface area contributed by atoms with Gasteiger partial charge in [-0.1, -0.05) is 0 Å². The highest BCUT2D eigenvalue weighted by molar-refractivity contribution is 4.99. The van der Waals surface area contributed by atoms with Gasteiger partial charge in [-0.05, 0) is 38.5 Å². The van der Waals surface area contributed by atoms with Gasteiger partial charge in [0.15, 0.2) is 0 Å². The molecule has 1 aliphatic carbocycles. The second-order valence-corrected chi connectivity index (χ2v) is 6.10. The lowest BCUT2D eigenvalue weighted by atomic mass is 9.94. The van der Waals surface area contributed by atoms with Gasteiger partial charge in [-0.3, -0.25) is 4.90 Å². The second kappa shape index (κ2) is 3.69. The van der Waals surface area contributed by atoms with Crippen LogP contribution in [0.15, 0.2) is 0 Å². The van der Waals surface area contributed by atoms with Gasteiger partial charge in [0.1, 0.15) is 0 Å². The monoisotopic (exact) mass is 222 g/mol. The largest absolute Gasteiger partial charge is 0.373 e. The standard InChI is InChI=1S/C13H22N2O/c1-2-9(1)14-10-5-6-15(8-10)12-7-11-3-4-13(12)16-11/h9-14H,1-8H2. The molecular weight excluding hydrogens is 200 g/mol. The molecule has 4 fully saturated rings. The SMILES string of the molecule is C1CC1NC1CCN(C2CC3CCC2O3)C1. The zero-order valence-corrected chi connectivity index (χ0v) is 9.90. The van der Waals surface area contributed by atoms with E-state index < -0.39 is 0 Å². The third-order valence-corrected chi connectivity index (χ3v) is 4.81. The quantitative estimate of drug-likeness (QED) is 0.775. The van der Waals surface area contributed by atoms with Crippen molar-refractivity contribution in [3.63, 3.8) is 0 Å². The van der Waals surface area contributed by atoms with Crippen LogP contribution in [0.4, 0.5) is 0 Å². The van der Waals surface area contributed by atoms with E-state index in [1.54, 1.807) is 0 Å². The fourth-order valence-electron chi connectivity index (χ4n) is 3.80. The molecule has 0 aromatic carbocycles. The molecule has 2 bridgehead atoms. The van der Waals surface area contributed by atoms with Crippen LogP contribution in [0.2, 0.25) is 0 Å². The molecule has 3 heteroatoms. The third-order valence-electron chi connectivity index (χ3n) is 4.81. The average molecular weight is 222 g/mol. The lowest BCUT2D eigenvalue weighted by Gasteiger charge is -2.29. The van der Waals surface area contributed by atoms with Crippen LogP contribution in [0.25, 0.3) is 0 Å². The zero-order chi connectivity index (χ0) is 10.5. The third kappa shape index (κ3) is 1.69. The molecule has 3 nitrogen and oxygen atoms in total. The van der Waals surface area contributed by atoms with Gasteiger partial charge in [-0.2, -0.15) is 0 Å². The van der Waals surface area contributed by atoms with Gasteiger partial charge in [0, 0.05) is 31.2 Å². The number of ether oxygens (including phenoxy) is 1. The number of nitrogens with zero attached hydrogens (tertiary/aromatic N) is 1. The molecule has 1 N–H and O–H groups in total. The Morgan fingerprint density at radius 1 is 1.00 bits per heavy atom. The molecular formula is C13H22N2O. The first-order chi connectivity index (χ1) is 7.88. The molecule has 4 unspecified atom stereocenters. The lowest BCUT2D eigenvalue weighted by molar-refractivity contribution is 0.0764. The van der Waals surface area contributed by atoms with Gasteiger partial charge in [-0.25, -0.2) is 0 Å². The molecule has 0 spiro atoms. The summed E-state index contributed by atoms with van der Waals surface area (Å²) in [5, 5.41) is 3.77. The minimum atomic E-state index is 0.574. The van der Waals surface area contributed by atoms with E-state index in [9.17, 15) is 0 Å². The van der Waals surface area contributed by atoms with Gasteiger partial charge in [0.05, 0.1) is 12.2 Å². The number of rotatable bonds is 3. The lowest BCUT2D eigenvalue weighted by Crippen LogP contribution is -2.42. The maximum Gasteiger partial charge on any atom is 0.0735 e. The molecule has 4 rings (SSSR count). The average Bonchev–Trinajstić information content (AvgIpc) is 2.74. The van der Waals surface area contributed by atoms with Crippen molar-refractivity contribution in [1.29, 1.82) is 0 Å². The molecule has 90 valence electrons. The summed E-state index contributed by atoms with van der Waals surface area (Å²) >= 11 is 0. The van der Waals surface area contributed by atoms with Crippen molar-refractivity contribution in [3.05, 3.63) is 0 Å². The van der Waals surface area contributed by atoms with Gasteiger partial charge in [0.2, 0.25) is 0 Å². The molecule has 0 amide bonds. The van der Waals surface area contributed by atoms with E-state index in [0.29, 0.717) is 12.2 Å². The highest BCUT2D eigenvalue weighted by atomic mass is 16.5. The van der Waals surface area contributed by atoms with Crippen molar-refractivity contribution in [2.24, 2.45) is 0 Å². The molecule has 16 heavy (non-hydrogen) atoms. The van der Waals surface area contributed by atoms with E-state index in [0.717, 1.165) is 18.1 Å². The van der Waals surface area contributed by atoms with Crippen molar-refractivity contribution in [2.75, 3.05) is 13.1 Å². The molecule has 3 heterocycles. The summed E-state index contributed by atoms with van der Waals surface area (Å²) in [7, 11) is 0. The highest BCUT2D eigenvalue weighted by Crippen LogP contribution is 2.38. The Morgan fingerprint density at radius 2 is 1.94 bits per heavy atom. The van der Waals surface area contributed by atoms with Crippen molar-refractivity contribution in [3.8, 4) is 0 Å². The molecule has 3 aliphatic heterocycles. The Balaban J connectivity index is 1.35. The Kier molecular flexibility index (Phi) is 2.27. The van der Waals surface area contributed by atoms with Crippen LogP contribution in [0.3, 0.4) is 0 Å². The molecule has 0 aromatic heterocycles. The second-order valence-electron chi connectivity index (χ2n) is 6.10. The van der Waals surface area contributed by atoms with E-state index in [-0.39, 0.29) is 0 Å². The minimum Gasteiger partial charge on any atom is -0.373 e. The normalized spacial score (nSPS) is 48.0. The first-order valence-corrected chi connectivity index (χ1v) is 7.04. The predicted molar refractivity (Wildman–Crippen MR) is 62.4 cm³/mol. The summed E-state index contributed by atoms with van der Waals surface area (Å²) in [6, 6.07) is 2.39. The van der Waals surface area contributed by atoms with Crippen LogP contribution in [0.5, 0.6) is 0 Å². The predicted octanol–water partition coefficient (Wildman–Crippen LogP) is 1.13. The van der Waals surface area contributed by atoms with Crippen LogP contribution < -0.4 is 5.32 Å². The zero-order valence-electron chi connectivity index (χ0n) is 9.90. The first-order valence-electron chi connectivity index (χ1n) is 7.04. The number of likely N-dealkylation sites (tertiary alicyclic amines) is 1. The van der Waals surface area contributed by atoms with Crippen LogP contribution in [0, 0.1) is 0 Å². The maximum absolute atomic E-state index is 5.96. The maximum atomic E-state index is 5.96. The Labute approximate surface area is 97.5 Å². The number of nitrogens with one attached hydrogen (secondary N) is 1. The minimum absolute atomic E-state index is 0.574. The Bertz CT molecular complexity index is 279. The first kappa shape index (κ1) is 9.86. The van der Waals surface area contributed by atoms with E-state index in [1.807, 2.05) is 0 Å². The number of hydrogen-bond donors (Lipinski definition) is 1. The van der Waals surface area contributed by atoms with E-state index in [1.165, 1.54) is 51.6 Å². The van der Waals surface area contributed by atoms with E-state index in [2.05, 4.69) is 10.2 Å². The topological polar surface area (TPSA) is 24.5 Å². The molecule has 4 aliphatic rings. The van der Waals surface area contributed by atoms with E-state index >= 15 is 0 Å². The Morgan fingerprint density at radius 3 is 2.62 bits per heavy atom. The number of fused-ring (bicyclic) bond motifs is 2. The molecule has 0 aromatic rings. The number of hydrogen-bond acceptors (Lipinski definition) is 3. The van der Waals surface area contributed by atoms with Crippen molar-refractivity contribution < 1.29 is 4.74 Å². The summed E-state index contributed by atoms with van der Waals surface area (Å²) in [6.45, 7) is 2.56. The van der Waals surface area contributed by atoms with Crippen molar-refractivity contribution >= 4 is 0 Å². The van der Waals surface area contributed by atoms with Gasteiger partial charge >= 0.3 is 0 Å². The molecule has 0 radical (unpaired) electrons. The molecule has 1 saturated carbocycles. The van der Waals surface area contributed by atoms with Gasteiger partial charge in [0.25, 0.3) is 0 Å². The van der Waals surface area contributed by atoms with Crippen LogP contribution >= 0.6 is 0 Å². The van der Waals surface area contributed by atoms with Crippen molar-refractivity contribution in [1.82, 2.24) is 10.2 Å². The van der Waals surface area contributed by atoms with Gasteiger partial charge < -0.3 is 10.1 Å². The smallest absolute Gasteiger partial charge is 0.0735 e. The fourth-order valence-corrected chi connectivity index (χ4v) is 3.80.